The van der Waals surface area contributed by atoms with Crippen LogP contribution in [0.4, 0.5) is 24.7 Å². The number of alkyl halides is 3. The number of aryl methyl sites for hydroxylation is 1. The lowest BCUT2D eigenvalue weighted by Gasteiger charge is -2.29. The third-order valence-corrected chi connectivity index (χ3v) is 7.13. The highest BCUT2D eigenvalue weighted by Crippen LogP contribution is 2.37. The maximum absolute atomic E-state index is 13.4. The number of fused-ring (bicyclic) bond motifs is 1. The van der Waals surface area contributed by atoms with Gasteiger partial charge in [0.25, 0.3) is 5.91 Å². The normalized spacial score (nSPS) is 14.5. The van der Waals surface area contributed by atoms with Crippen LogP contribution in [0.1, 0.15) is 51.6 Å². The van der Waals surface area contributed by atoms with Gasteiger partial charge in [-0.05, 0) is 81.7 Å². The third-order valence-electron chi connectivity index (χ3n) is 7.13. The molecule has 1 aliphatic heterocycles. The van der Waals surface area contributed by atoms with E-state index in [0.717, 1.165) is 50.7 Å². The number of hydrogen-bond donors (Lipinski definition) is 2. The van der Waals surface area contributed by atoms with Gasteiger partial charge in [-0.2, -0.15) is 18.3 Å². The summed E-state index contributed by atoms with van der Waals surface area (Å²) in [4.78, 5) is 23.7. The number of ether oxygens (including phenoxy) is 1. The van der Waals surface area contributed by atoms with Crippen molar-refractivity contribution >= 4 is 28.4 Å². The number of benzene rings is 2. The fraction of sp³-hybridized carbons (Fsp3) is 0.310. The van der Waals surface area contributed by atoms with E-state index in [1.807, 2.05) is 11.6 Å². The summed E-state index contributed by atoms with van der Waals surface area (Å²) >= 11 is 0. The number of hydrogen-bond acceptors (Lipinski definition) is 7. The summed E-state index contributed by atoms with van der Waals surface area (Å²) in [6.45, 7) is 3.75. The van der Waals surface area contributed by atoms with Gasteiger partial charge in [0.2, 0.25) is 0 Å². The number of nitrogens with zero attached hydrogens (tertiary/aromatic N) is 5. The maximum atomic E-state index is 13.4. The van der Waals surface area contributed by atoms with Crippen molar-refractivity contribution in [3.63, 3.8) is 0 Å². The van der Waals surface area contributed by atoms with Gasteiger partial charge in [0.1, 0.15) is 23.6 Å². The molecule has 1 amide bonds. The first-order chi connectivity index (χ1) is 19.5. The fourth-order valence-electron chi connectivity index (χ4n) is 4.81. The highest BCUT2D eigenvalue weighted by molar-refractivity contribution is 6.04. The van der Waals surface area contributed by atoms with Crippen molar-refractivity contribution in [2.75, 3.05) is 38.3 Å². The molecule has 3 heterocycles. The van der Waals surface area contributed by atoms with E-state index in [9.17, 15) is 18.0 Å². The minimum atomic E-state index is -4.67. The summed E-state index contributed by atoms with van der Waals surface area (Å²) in [6, 6.07) is 8.40. The number of piperidine rings is 1. The first kappa shape index (κ1) is 27.9. The number of carbonyl (C=O) groups is 1. The van der Waals surface area contributed by atoms with Gasteiger partial charge >= 0.3 is 6.18 Å². The second-order valence-electron chi connectivity index (χ2n) is 9.93. The number of aromatic nitrogens is 4. The van der Waals surface area contributed by atoms with Crippen LogP contribution in [0.5, 0.6) is 5.75 Å². The number of nitrogens with one attached hydrogen (secondary N) is 1. The molecule has 9 nitrogen and oxygen atoms in total. The number of nitrogen functional groups attached to an aromatic ring is 1. The monoisotopic (exact) mass is 563 g/mol. The van der Waals surface area contributed by atoms with Crippen molar-refractivity contribution in [1.82, 2.24) is 24.6 Å². The van der Waals surface area contributed by atoms with E-state index in [1.165, 1.54) is 12.4 Å². The summed E-state index contributed by atoms with van der Waals surface area (Å²) in [5.41, 5.74) is 7.91. The number of halogens is 3. The first-order valence-electron chi connectivity index (χ1n) is 12.9. The Bertz CT molecular complexity index is 1680. The summed E-state index contributed by atoms with van der Waals surface area (Å²) in [5.74, 6) is 5.43. The number of amides is 1. The highest BCUT2D eigenvalue weighted by atomic mass is 19.4. The molecule has 0 radical (unpaired) electrons. The summed E-state index contributed by atoms with van der Waals surface area (Å²) < 4.78 is 47.0. The Balaban J connectivity index is 1.44. The van der Waals surface area contributed by atoms with Gasteiger partial charge in [-0.3, -0.25) is 4.79 Å². The van der Waals surface area contributed by atoms with E-state index in [1.54, 1.807) is 18.2 Å². The summed E-state index contributed by atoms with van der Waals surface area (Å²) in [7, 11) is 3.23. The maximum Gasteiger partial charge on any atom is 0.419 e. The van der Waals surface area contributed by atoms with Crippen LogP contribution >= 0.6 is 0 Å². The lowest BCUT2D eigenvalue weighted by Crippen LogP contribution is -2.32. The molecule has 0 atom stereocenters. The number of carbonyl (C=O) groups excluding carboxylic acids is 1. The predicted molar refractivity (Wildman–Crippen MR) is 149 cm³/mol. The molecule has 0 spiro atoms. The standard InChI is InChI=1S/C29H28F3N7O2/c1-17-4-7-20(36-28(40)19-6-9-24(41-3)22(15-19)29(30,31)32)14-18(17)5-8-23-25-26(33)34-16-35-27(25)39(37-23)21-10-12-38(2)13-11-21/h4,6-7,9,14-16,21H,10-13H2,1-3H3,(H,36,40)(H2,33,34,35). The van der Waals surface area contributed by atoms with Gasteiger partial charge < -0.3 is 20.7 Å². The summed E-state index contributed by atoms with van der Waals surface area (Å²) in [6.07, 6.45) is -1.42. The molecule has 2 aromatic heterocycles. The van der Waals surface area contributed by atoms with Crippen LogP contribution in [0.2, 0.25) is 0 Å². The average Bonchev–Trinajstić information content (AvgIpc) is 3.32. The molecule has 12 heteroatoms. The van der Waals surface area contributed by atoms with E-state index in [4.69, 9.17) is 15.6 Å². The minimum Gasteiger partial charge on any atom is -0.496 e. The van der Waals surface area contributed by atoms with Gasteiger partial charge in [-0.25, -0.2) is 14.6 Å². The topological polar surface area (TPSA) is 111 Å². The number of anilines is 2. The lowest BCUT2D eigenvalue weighted by molar-refractivity contribution is -0.138. The molecular formula is C29H28F3N7O2. The molecule has 1 aliphatic rings. The largest absolute Gasteiger partial charge is 0.496 e. The first-order valence-corrected chi connectivity index (χ1v) is 12.9. The predicted octanol–water partition coefficient (Wildman–Crippen LogP) is 4.66. The van der Waals surface area contributed by atoms with Crippen molar-refractivity contribution in [2.24, 2.45) is 0 Å². The number of nitrogens with two attached hydrogens (primary N) is 1. The molecule has 0 saturated carbocycles. The van der Waals surface area contributed by atoms with Crippen molar-refractivity contribution in [2.45, 2.75) is 32.0 Å². The highest BCUT2D eigenvalue weighted by Gasteiger charge is 2.35. The Kier molecular flexibility index (Phi) is 7.55. The molecule has 1 saturated heterocycles. The quantitative estimate of drug-likeness (QED) is 0.348. The summed E-state index contributed by atoms with van der Waals surface area (Å²) in [5, 5.41) is 8.00. The molecular weight excluding hydrogens is 535 g/mol. The van der Waals surface area contributed by atoms with Gasteiger partial charge in [0.15, 0.2) is 5.65 Å². The van der Waals surface area contributed by atoms with E-state index in [2.05, 4.69) is 39.1 Å². The lowest BCUT2D eigenvalue weighted by atomic mass is 10.1. The van der Waals surface area contributed by atoms with Crippen LogP contribution < -0.4 is 15.8 Å². The SMILES string of the molecule is COc1ccc(C(=O)Nc2ccc(C)c(C#Cc3nn(C4CCN(C)CC4)c4ncnc(N)c34)c2)cc1C(F)(F)F. The average molecular weight is 564 g/mol. The van der Waals surface area contributed by atoms with Crippen molar-refractivity contribution in [3.05, 3.63) is 70.7 Å². The number of likely N-dealkylation sites (tertiary alicyclic amines) is 1. The second-order valence-corrected chi connectivity index (χ2v) is 9.93. The smallest absolute Gasteiger partial charge is 0.419 e. The van der Waals surface area contributed by atoms with Gasteiger partial charge in [0.05, 0.1) is 24.1 Å². The van der Waals surface area contributed by atoms with Crippen LogP contribution in [0.3, 0.4) is 0 Å². The van der Waals surface area contributed by atoms with Crippen LogP contribution in [0.25, 0.3) is 11.0 Å². The van der Waals surface area contributed by atoms with Crippen molar-refractivity contribution < 1.29 is 22.7 Å². The minimum absolute atomic E-state index is 0.160. The molecule has 3 N–H and O–H groups in total. The van der Waals surface area contributed by atoms with Gasteiger partial charge in [0, 0.05) is 16.8 Å². The Morgan fingerprint density at radius 3 is 2.59 bits per heavy atom. The molecule has 0 unspecified atom stereocenters. The van der Waals surface area contributed by atoms with Gasteiger partial charge in [-0.15, -0.1) is 0 Å². The van der Waals surface area contributed by atoms with E-state index >= 15 is 0 Å². The Hall–Kier alpha value is -4.63. The molecule has 212 valence electrons. The molecule has 4 aromatic rings. The Morgan fingerprint density at radius 2 is 1.88 bits per heavy atom. The van der Waals surface area contributed by atoms with Crippen molar-refractivity contribution in [3.8, 4) is 17.6 Å². The van der Waals surface area contributed by atoms with Crippen LogP contribution in [0.15, 0.2) is 42.7 Å². The molecule has 5 rings (SSSR count). The molecule has 0 aliphatic carbocycles. The second kappa shape index (κ2) is 11.1. The molecule has 0 bridgehead atoms. The van der Waals surface area contributed by atoms with Crippen LogP contribution in [-0.4, -0.2) is 57.8 Å². The zero-order valence-electron chi connectivity index (χ0n) is 22.7. The Labute approximate surface area is 234 Å². The molecule has 1 fully saturated rings. The van der Waals surface area contributed by atoms with Gasteiger partial charge in [-0.1, -0.05) is 12.0 Å². The van der Waals surface area contributed by atoms with Crippen molar-refractivity contribution in [1.29, 1.82) is 0 Å². The van der Waals surface area contributed by atoms with E-state index in [0.29, 0.717) is 28.0 Å². The number of rotatable bonds is 4. The third kappa shape index (κ3) is 5.81. The molecule has 2 aromatic carbocycles. The molecule has 41 heavy (non-hydrogen) atoms. The van der Waals surface area contributed by atoms with Crippen LogP contribution in [0, 0.1) is 18.8 Å². The van der Waals surface area contributed by atoms with Crippen LogP contribution in [-0.2, 0) is 6.18 Å². The number of methoxy groups -OCH3 is 1. The van der Waals surface area contributed by atoms with E-state index in [-0.39, 0.29) is 23.2 Å². The Morgan fingerprint density at radius 1 is 1.12 bits per heavy atom. The zero-order chi connectivity index (χ0) is 29.3. The zero-order valence-corrected chi connectivity index (χ0v) is 22.7. The van der Waals surface area contributed by atoms with E-state index < -0.39 is 17.6 Å². The fourth-order valence-corrected chi connectivity index (χ4v) is 4.81.